The number of anilines is 1. The third-order valence-electron chi connectivity index (χ3n) is 2.62. The molecule has 0 unspecified atom stereocenters. The Hall–Kier alpha value is -2.56. The smallest absolute Gasteiger partial charge is 0.357 e. The van der Waals surface area contributed by atoms with Gasteiger partial charge in [-0.25, -0.2) is 9.78 Å². The maximum Gasteiger partial charge on any atom is 0.357 e. The molecule has 0 radical (unpaired) electrons. The Bertz CT molecular complexity index is 591. The lowest BCUT2D eigenvalue weighted by Gasteiger charge is -2.11. The van der Waals surface area contributed by atoms with Crippen molar-refractivity contribution in [2.24, 2.45) is 0 Å². The lowest BCUT2D eigenvalue weighted by atomic mass is 10.0. The van der Waals surface area contributed by atoms with Crippen LogP contribution in [0.5, 0.6) is 5.75 Å². The van der Waals surface area contributed by atoms with Crippen LogP contribution in [0.25, 0.3) is 11.1 Å². The Morgan fingerprint density at radius 2 is 2.16 bits per heavy atom. The quantitative estimate of drug-likeness (QED) is 0.651. The minimum Gasteiger partial charge on any atom is -0.507 e. The van der Waals surface area contributed by atoms with E-state index in [0.717, 1.165) is 0 Å². The Labute approximate surface area is 110 Å². The molecule has 0 fully saturated rings. The van der Waals surface area contributed by atoms with Crippen LogP contribution in [0.4, 0.5) is 5.69 Å². The molecule has 0 aliphatic rings. The number of phenolic OH excluding ortho intramolecular Hbond substituents is 1. The maximum atomic E-state index is 11.9. The first-order chi connectivity index (χ1) is 9.15. The SMILES string of the molecule is CCOC(=O)c1ncccc1-c1c(N)cccc1O. The second kappa shape index (κ2) is 5.39. The van der Waals surface area contributed by atoms with Crippen molar-refractivity contribution in [3.8, 4) is 16.9 Å². The van der Waals surface area contributed by atoms with E-state index in [9.17, 15) is 9.90 Å². The van der Waals surface area contributed by atoms with Crippen LogP contribution in [0.1, 0.15) is 17.4 Å². The van der Waals surface area contributed by atoms with Crippen molar-refractivity contribution in [2.45, 2.75) is 6.92 Å². The van der Waals surface area contributed by atoms with Crippen molar-refractivity contribution < 1.29 is 14.6 Å². The number of aromatic hydroxyl groups is 1. The highest BCUT2D eigenvalue weighted by Crippen LogP contribution is 2.35. The molecule has 1 heterocycles. The number of nitrogens with zero attached hydrogens (tertiary/aromatic N) is 1. The summed E-state index contributed by atoms with van der Waals surface area (Å²) in [4.78, 5) is 15.9. The number of hydrogen-bond acceptors (Lipinski definition) is 5. The van der Waals surface area contributed by atoms with E-state index < -0.39 is 5.97 Å². The molecule has 3 N–H and O–H groups in total. The molecular formula is C14H14N2O3. The molecule has 0 bridgehead atoms. The average molecular weight is 258 g/mol. The summed E-state index contributed by atoms with van der Waals surface area (Å²) in [5.74, 6) is -0.542. The molecule has 0 aliphatic heterocycles. The molecule has 0 saturated heterocycles. The summed E-state index contributed by atoms with van der Waals surface area (Å²) in [7, 11) is 0. The molecular weight excluding hydrogens is 244 g/mol. The summed E-state index contributed by atoms with van der Waals surface area (Å²) < 4.78 is 4.95. The highest BCUT2D eigenvalue weighted by Gasteiger charge is 2.18. The number of esters is 1. The molecule has 2 aromatic rings. The maximum absolute atomic E-state index is 11.9. The van der Waals surface area contributed by atoms with Crippen LogP contribution < -0.4 is 5.73 Å². The highest BCUT2D eigenvalue weighted by atomic mass is 16.5. The number of pyridine rings is 1. The number of benzene rings is 1. The van der Waals surface area contributed by atoms with Gasteiger partial charge in [-0.3, -0.25) is 0 Å². The number of nitrogens with two attached hydrogens (primary N) is 1. The van der Waals surface area contributed by atoms with E-state index in [1.807, 2.05) is 0 Å². The zero-order chi connectivity index (χ0) is 13.8. The summed E-state index contributed by atoms with van der Waals surface area (Å²) in [6, 6.07) is 8.13. The summed E-state index contributed by atoms with van der Waals surface area (Å²) in [5, 5.41) is 9.92. The molecule has 0 aliphatic carbocycles. The zero-order valence-corrected chi connectivity index (χ0v) is 10.5. The summed E-state index contributed by atoms with van der Waals surface area (Å²) in [5.41, 5.74) is 7.21. The predicted molar refractivity (Wildman–Crippen MR) is 71.7 cm³/mol. The van der Waals surface area contributed by atoms with Crippen LogP contribution in [-0.4, -0.2) is 22.7 Å². The van der Waals surface area contributed by atoms with Crippen LogP contribution in [0.3, 0.4) is 0 Å². The molecule has 0 amide bonds. The second-order valence-electron chi connectivity index (χ2n) is 3.86. The van der Waals surface area contributed by atoms with Gasteiger partial charge in [0.1, 0.15) is 5.75 Å². The molecule has 5 heteroatoms. The van der Waals surface area contributed by atoms with Gasteiger partial charge in [0.2, 0.25) is 0 Å². The van der Waals surface area contributed by atoms with Gasteiger partial charge in [0.15, 0.2) is 5.69 Å². The van der Waals surface area contributed by atoms with E-state index in [0.29, 0.717) is 16.8 Å². The molecule has 19 heavy (non-hydrogen) atoms. The third kappa shape index (κ3) is 2.49. The number of carbonyl (C=O) groups excluding carboxylic acids is 1. The fraction of sp³-hybridized carbons (Fsp3) is 0.143. The van der Waals surface area contributed by atoms with Crippen LogP contribution in [-0.2, 0) is 4.74 Å². The van der Waals surface area contributed by atoms with Gasteiger partial charge in [-0.1, -0.05) is 12.1 Å². The van der Waals surface area contributed by atoms with Crippen molar-refractivity contribution in [1.29, 1.82) is 0 Å². The molecule has 0 atom stereocenters. The number of ether oxygens (including phenoxy) is 1. The van der Waals surface area contributed by atoms with Crippen LogP contribution >= 0.6 is 0 Å². The lowest BCUT2D eigenvalue weighted by Crippen LogP contribution is -2.09. The van der Waals surface area contributed by atoms with Gasteiger partial charge in [0, 0.05) is 23.0 Å². The predicted octanol–water partition coefficient (Wildman–Crippen LogP) is 2.21. The van der Waals surface area contributed by atoms with E-state index in [4.69, 9.17) is 10.5 Å². The average Bonchev–Trinajstić information content (AvgIpc) is 2.39. The largest absolute Gasteiger partial charge is 0.507 e. The molecule has 1 aromatic heterocycles. The summed E-state index contributed by atoms with van der Waals surface area (Å²) in [6.45, 7) is 1.97. The highest BCUT2D eigenvalue weighted by molar-refractivity contribution is 5.98. The van der Waals surface area contributed by atoms with Gasteiger partial charge in [0.25, 0.3) is 0 Å². The second-order valence-corrected chi connectivity index (χ2v) is 3.86. The van der Waals surface area contributed by atoms with Crippen molar-refractivity contribution in [2.75, 3.05) is 12.3 Å². The minimum absolute atomic E-state index is 0.00134. The number of carbonyl (C=O) groups is 1. The molecule has 98 valence electrons. The first-order valence-corrected chi connectivity index (χ1v) is 5.85. The fourth-order valence-electron chi connectivity index (χ4n) is 1.82. The lowest BCUT2D eigenvalue weighted by molar-refractivity contribution is 0.0520. The summed E-state index contributed by atoms with van der Waals surface area (Å²) in [6.07, 6.45) is 1.49. The van der Waals surface area contributed by atoms with Crippen molar-refractivity contribution in [3.05, 3.63) is 42.2 Å². The van der Waals surface area contributed by atoms with Gasteiger partial charge < -0.3 is 15.6 Å². The Kier molecular flexibility index (Phi) is 3.66. The Morgan fingerprint density at radius 1 is 1.37 bits per heavy atom. The van der Waals surface area contributed by atoms with Crippen molar-refractivity contribution in [1.82, 2.24) is 4.98 Å². The monoisotopic (exact) mass is 258 g/mol. The van der Waals surface area contributed by atoms with Gasteiger partial charge >= 0.3 is 5.97 Å². The van der Waals surface area contributed by atoms with Gasteiger partial charge in [-0.2, -0.15) is 0 Å². The first kappa shape index (κ1) is 12.9. The normalized spacial score (nSPS) is 10.2. The number of phenols is 1. The van der Waals surface area contributed by atoms with Crippen LogP contribution in [0.15, 0.2) is 36.5 Å². The van der Waals surface area contributed by atoms with Gasteiger partial charge in [0.05, 0.1) is 6.61 Å². The van der Waals surface area contributed by atoms with Crippen LogP contribution in [0, 0.1) is 0 Å². The first-order valence-electron chi connectivity index (χ1n) is 5.85. The van der Waals surface area contributed by atoms with Crippen molar-refractivity contribution in [3.63, 3.8) is 0 Å². The number of hydrogen-bond donors (Lipinski definition) is 2. The zero-order valence-electron chi connectivity index (χ0n) is 10.5. The minimum atomic E-state index is -0.541. The molecule has 1 aromatic carbocycles. The Balaban J connectivity index is 2.60. The van der Waals surface area contributed by atoms with Gasteiger partial charge in [-0.05, 0) is 25.1 Å². The molecule has 5 nitrogen and oxygen atoms in total. The standard InChI is InChI=1S/C14H14N2O3/c1-2-19-14(18)13-9(5-4-8-16-13)12-10(15)6-3-7-11(12)17/h3-8,17H,2,15H2,1H3. The Morgan fingerprint density at radius 3 is 2.84 bits per heavy atom. The summed E-state index contributed by atoms with van der Waals surface area (Å²) >= 11 is 0. The van der Waals surface area contributed by atoms with E-state index in [1.54, 1.807) is 31.2 Å². The van der Waals surface area contributed by atoms with Gasteiger partial charge in [-0.15, -0.1) is 0 Å². The van der Waals surface area contributed by atoms with E-state index in [-0.39, 0.29) is 18.1 Å². The fourth-order valence-corrected chi connectivity index (χ4v) is 1.82. The molecule has 2 rings (SSSR count). The number of nitrogen functional groups attached to an aromatic ring is 1. The topological polar surface area (TPSA) is 85.4 Å². The molecule has 0 saturated carbocycles. The van der Waals surface area contributed by atoms with E-state index in [2.05, 4.69) is 4.98 Å². The van der Waals surface area contributed by atoms with E-state index >= 15 is 0 Å². The molecule has 0 spiro atoms. The van der Waals surface area contributed by atoms with E-state index in [1.165, 1.54) is 12.3 Å². The number of aromatic nitrogens is 1. The van der Waals surface area contributed by atoms with Crippen LogP contribution in [0.2, 0.25) is 0 Å². The number of rotatable bonds is 3. The van der Waals surface area contributed by atoms with Crippen molar-refractivity contribution >= 4 is 11.7 Å². The third-order valence-corrected chi connectivity index (χ3v) is 2.62.